The summed E-state index contributed by atoms with van der Waals surface area (Å²) < 4.78 is 63.9. The maximum absolute atomic E-state index is 17.1. The van der Waals surface area contributed by atoms with Crippen molar-refractivity contribution in [2.45, 2.75) is 69.1 Å². The van der Waals surface area contributed by atoms with Gasteiger partial charge in [0.1, 0.15) is 41.4 Å². The molecule has 13 heteroatoms. The lowest BCUT2D eigenvalue weighted by Gasteiger charge is -2.48. The molecule has 0 aliphatic carbocycles. The molecule has 0 saturated carbocycles. The van der Waals surface area contributed by atoms with Crippen molar-refractivity contribution in [3.8, 4) is 23.0 Å². The van der Waals surface area contributed by atoms with Crippen LogP contribution in [0.25, 0.3) is 32.9 Å². The number of hydrogen-bond acceptors (Lipinski definition) is 9. The molecule has 6 heterocycles. The second kappa shape index (κ2) is 12.3. The van der Waals surface area contributed by atoms with Crippen LogP contribution in [-0.4, -0.2) is 89.7 Å². The normalized spacial score (nSPS) is 23.2. The van der Waals surface area contributed by atoms with Gasteiger partial charge in [-0.2, -0.15) is 9.97 Å². The molecule has 49 heavy (non-hydrogen) atoms. The lowest BCUT2D eigenvalue weighted by Crippen LogP contribution is -2.65. The molecule has 2 aromatic carbocycles. The highest BCUT2D eigenvalue weighted by Crippen LogP contribution is 2.43. The smallest absolute Gasteiger partial charge is 0.319 e. The highest BCUT2D eigenvalue weighted by molar-refractivity contribution is 6.02. The molecular formula is C36H39F3N6O4. The number of benzene rings is 2. The van der Waals surface area contributed by atoms with Crippen molar-refractivity contribution in [2.24, 2.45) is 0 Å². The van der Waals surface area contributed by atoms with Gasteiger partial charge in [0.25, 0.3) is 0 Å². The summed E-state index contributed by atoms with van der Waals surface area (Å²) >= 11 is 0. The predicted octanol–water partition coefficient (Wildman–Crippen LogP) is 5.48. The van der Waals surface area contributed by atoms with Crippen molar-refractivity contribution in [3.63, 3.8) is 0 Å². The Labute approximate surface area is 281 Å². The Balaban J connectivity index is 1.24. The van der Waals surface area contributed by atoms with Crippen molar-refractivity contribution in [1.29, 1.82) is 0 Å². The highest BCUT2D eigenvalue weighted by atomic mass is 19.1. The number of nitrogens with one attached hydrogen (secondary N) is 1. The van der Waals surface area contributed by atoms with E-state index in [1.165, 1.54) is 13.2 Å². The van der Waals surface area contributed by atoms with Crippen LogP contribution in [0, 0.1) is 11.6 Å². The molecule has 4 aliphatic heterocycles. The van der Waals surface area contributed by atoms with Gasteiger partial charge in [0, 0.05) is 51.3 Å². The van der Waals surface area contributed by atoms with Crippen molar-refractivity contribution in [3.05, 3.63) is 47.7 Å². The molecule has 10 nitrogen and oxygen atoms in total. The van der Waals surface area contributed by atoms with E-state index in [9.17, 15) is 9.18 Å². The third-order valence-electron chi connectivity index (χ3n) is 10.9. The molecule has 2 aromatic heterocycles. The molecule has 258 valence electrons. The van der Waals surface area contributed by atoms with Crippen LogP contribution < -0.4 is 19.7 Å². The number of carbonyl (C=O) groups excluding carboxylic acids is 1. The summed E-state index contributed by atoms with van der Waals surface area (Å²) in [6, 6.07) is 6.46. The first-order valence-electron chi connectivity index (χ1n) is 17.0. The molecule has 1 spiro atoms. The average Bonchev–Trinajstić information content (AvgIpc) is 3.61. The summed E-state index contributed by atoms with van der Waals surface area (Å²) in [7, 11) is 1.50. The van der Waals surface area contributed by atoms with Crippen LogP contribution in [0.3, 0.4) is 0 Å². The molecule has 0 radical (unpaired) electrons. The summed E-state index contributed by atoms with van der Waals surface area (Å²) in [5, 5.41) is 4.67. The third kappa shape index (κ3) is 5.51. The monoisotopic (exact) mass is 676 g/mol. The maximum atomic E-state index is 17.1. The van der Waals surface area contributed by atoms with E-state index >= 15 is 8.78 Å². The largest absolute Gasteiger partial charge is 0.468 e. The lowest BCUT2D eigenvalue weighted by molar-refractivity contribution is -0.133. The molecule has 4 saturated heterocycles. The Hall–Kier alpha value is -4.23. The standard InChI is InChI=1S/C36H39F3N6O4/c1-3-24-27(38)6-5-21-13-23(49-20-47-2)14-25(29(21)24)31-30(39)32-26(17-40-31)33(44-11-8-35(9-12-44)16-28(46)43-35)42-34(41-32)48-19-36-7-4-10-45(36)18-22(37)15-36/h5-6,13-14,17,22H,3-4,7-12,15-16,18-20H2,1-2H3,(H,43,46)/t22-,36+/m1/s1. The number of carbonyl (C=O) groups is 1. The number of pyridine rings is 1. The molecule has 1 amide bonds. The summed E-state index contributed by atoms with van der Waals surface area (Å²) in [5.74, 6) is -0.144. The van der Waals surface area contributed by atoms with E-state index in [1.54, 1.807) is 24.4 Å². The first-order valence-corrected chi connectivity index (χ1v) is 17.0. The molecular weight excluding hydrogens is 637 g/mol. The molecule has 1 N–H and O–H groups in total. The number of alkyl halides is 1. The second-order valence-electron chi connectivity index (χ2n) is 13.9. The first-order chi connectivity index (χ1) is 23.7. The minimum Gasteiger partial charge on any atom is -0.468 e. The number of rotatable bonds is 9. The van der Waals surface area contributed by atoms with Crippen LogP contribution >= 0.6 is 0 Å². The van der Waals surface area contributed by atoms with Gasteiger partial charge in [-0.1, -0.05) is 13.0 Å². The Morgan fingerprint density at radius 1 is 1.08 bits per heavy atom. The SMILES string of the molecule is CCc1c(F)ccc2cc(OCOC)cc(-c3ncc4c(N5CCC6(CC5)CC(=O)N6)nc(OC[C@@]56CCCN5C[C@H](F)C6)nc4c3F)c12. The summed E-state index contributed by atoms with van der Waals surface area (Å²) in [5.41, 5.74) is 0.149. The topological polar surface area (TPSA) is 102 Å². The van der Waals surface area contributed by atoms with Gasteiger partial charge in [-0.3, -0.25) is 14.7 Å². The Morgan fingerprint density at radius 2 is 1.90 bits per heavy atom. The summed E-state index contributed by atoms with van der Waals surface area (Å²) in [6.07, 6.45) is 5.08. The van der Waals surface area contributed by atoms with Crippen molar-refractivity contribution >= 4 is 33.4 Å². The van der Waals surface area contributed by atoms with Crippen molar-refractivity contribution < 1.29 is 32.2 Å². The van der Waals surface area contributed by atoms with E-state index in [0.29, 0.717) is 77.7 Å². The summed E-state index contributed by atoms with van der Waals surface area (Å²) in [4.78, 5) is 30.0. The number of β-lactam (4-membered cyclic amide) rings is 1. The van der Waals surface area contributed by atoms with Crippen molar-refractivity contribution in [2.75, 3.05) is 51.6 Å². The van der Waals surface area contributed by atoms with Gasteiger partial charge < -0.3 is 24.4 Å². The Bertz CT molecular complexity index is 1940. The van der Waals surface area contributed by atoms with Crippen LogP contribution in [0.1, 0.15) is 51.0 Å². The van der Waals surface area contributed by atoms with Gasteiger partial charge in [-0.25, -0.2) is 13.2 Å². The average molecular weight is 677 g/mol. The molecule has 4 aliphatic rings. The fraction of sp³-hybridized carbons (Fsp3) is 0.500. The second-order valence-corrected chi connectivity index (χ2v) is 13.9. The van der Waals surface area contributed by atoms with Crippen LogP contribution in [0.5, 0.6) is 11.8 Å². The van der Waals surface area contributed by atoms with E-state index in [4.69, 9.17) is 19.2 Å². The number of halogens is 3. The molecule has 0 unspecified atom stereocenters. The minimum atomic E-state index is -0.924. The molecule has 4 aromatic rings. The zero-order chi connectivity index (χ0) is 33.9. The van der Waals surface area contributed by atoms with Gasteiger partial charge in [0.2, 0.25) is 5.91 Å². The number of aryl methyl sites for hydroxylation is 1. The molecule has 4 fully saturated rings. The number of piperidine rings is 1. The van der Waals surface area contributed by atoms with Crippen LogP contribution in [0.15, 0.2) is 30.5 Å². The quantitative estimate of drug-likeness (QED) is 0.182. The number of fused-ring (bicyclic) bond motifs is 3. The number of ether oxygens (including phenoxy) is 3. The highest BCUT2D eigenvalue weighted by Gasteiger charge is 2.49. The summed E-state index contributed by atoms with van der Waals surface area (Å²) in [6.45, 7) is 4.37. The van der Waals surface area contributed by atoms with Gasteiger partial charge in [-0.05, 0) is 73.2 Å². The van der Waals surface area contributed by atoms with E-state index in [2.05, 4.69) is 25.1 Å². The number of anilines is 1. The molecule has 8 rings (SSSR count). The van der Waals surface area contributed by atoms with Gasteiger partial charge in [-0.15, -0.1) is 0 Å². The van der Waals surface area contributed by atoms with Crippen LogP contribution in [0.4, 0.5) is 19.0 Å². The third-order valence-corrected chi connectivity index (χ3v) is 10.9. The first kappa shape index (κ1) is 32.0. The minimum absolute atomic E-state index is 0.00152. The number of hydrogen-bond donors (Lipinski definition) is 1. The Kier molecular flexibility index (Phi) is 8.02. The van der Waals surface area contributed by atoms with Crippen LogP contribution in [-0.2, 0) is 16.0 Å². The number of aromatic nitrogens is 3. The fourth-order valence-electron chi connectivity index (χ4n) is 8.43. The predicted molar refractivity (Wildman–Crippen MR) is 178 cm³/mol. The molecule has 2 atom stereocenters. The fourth-order valence-corrected chi connectivity index (χ4v) is 8.43. The number of methoxy groups -OCH3 is 1. The van der Waals surface area contributed by atoms with Crippen molar-refractivity contribution in [1.82, 2.24) is 25.2 Å². The van der Waals surface area contributed by atoms with Gasteiger partial charge in [0.15, 0.2) is 12.6 Å². The zero-order valence-electron chi connectivity index (χ0n) is 27.7. The van der Waals surface area contributed by atoms with E-state index in [1.807, 2.05) is 6.92 Å². The van der Waals surface area contributed by atoms with Gasteiger partial charge >= 0.3 is 6.01 Å². The van der Waals surface area contributed by atoms with E-state index < -0.39 is 23.3 Å². The van der Waals surface area contributed by atoms with E-state index in [-0.39, 0.29) is 42.1 Å². The van der Waals surface area contributed by atoms with Gasteiger partial charge in [0.05, 0.1) is 16.5 Å². The number of amides is 1. The molecule has 0 bridgehead atoms. The zero-order valence-corrected chi connectivity index (χ0v) is 27.7. The van der Waals surface area contributed by atoms with Crippen LogP contribution in [0.2, 0.25) is 0 Å². The van der Waals surface area contributed by atoms with E-state index in [0.717, 1.165) is 32.2 Å². The lowest BCUT2D eigenvalue weighted by atomic mass is 9.78. The number of nitrogens with zero attached hydrogens (tertiary/aromatic N) is 5. The Morgan fingerprint density at radius 3 is 2.65 bits per heavy atom. The maximum Gasteiger partial charge on any atom is 0.319 e.